The minimum absolute atomic E-state index is 0.164. The van der Waals surface area contributed by atoms with E-state index in [0.717, 1.165) is 30.9 Å². The number of morpholine rings is 1. The zero-order chi connectivity index (χ0) is 18.5. The number of esters is 1. The van der Waals surface area contributed by atoms with Crippen LogP contribution in [0.25, 0.3) is 0 Å². The zero-order valence-electron chi connectivity index (χ0n) is 15.6. The molecule has 8 heteroatoms. The monoisotopic (exact) mass is 364 g/mol. The van der Waals surface area contributed by atoms with E-state index < -0.39 is 0 Å². The Kier molecular flexibility index (Phi) is 6.26. The number of methoxy groups -OCH3 is 1. The van der Waals surface area contributed by atoms with Gasteiger partial charge in [0.25, 0.3) is 0 Å². The SMILES string of the molecule is COC(=O)[C@@H](C)N1CCCn2nc(CCC(=O)N3CCOCC3)cc2C1. The first-order chi connectivity index (χ1) is 12.6. The number of carbonyl (C=O) groups is 2. The van der Waals surface area contributed by atoms with Crippen molar-refractivity contribution < 1.29 is 19.1 Å². The molecular formula is C18H28N4O4. The van der Waals surface area contributed by atoms with Crippen molar-refractivity contribution in [3.63, 3.8) is 0 Å². The predicted molar refractivity (Wildman–Crippen MR) is 94.5 cm³/mol. The molecule has 144 valence electrons. The first-order valence-electron chi connectivity index (χ1n) is 9.31. The Morgan fingerprint density at radius 1 is 1.27 bits per heavy atom. The van der Waals surface area contributed by atoms with Crippen LogP contribution in [0.1, 0.15) is 31.2 Å². The number of carbonyl (C=O) groups excluding carboxylic acids is 2. The molecule has 3 heterocycles. The van der Waals surface area contributed by atoms with E-state index in [4.69, 9.17) is 9.47 Å². The first-order valence-corrected chi connectivity index (χ1v) is 9.31. The second kappa shape index (κ2) is 8.64. The van der Waals surface area contributed by atoms with Gasteiger partial charge in [-0.2, -0.15) is 5.10 Å². The van der Waals surface area contributed by atoms with Gasteiger partial charge in [0, 0.05) is 45.6 Å². The highest BCUT2D eigenvalue weighted by atomic mass is 16.5. The van der Waals surface area contributed by atoms with Gasteiger partial charge in [-0.1, -0.05) is 0 Å². The number of aromatic nitrogens is 2. The lowest BCUT2D eigenvalue weighted by atomic mass is 10.2. The molecule has 1 fully saturated rings. The molecule has 3 rings (SSSR count). The second-order valence-electron chi connectivity index (χ2n) is 6.87. The highest BCUT2D eigenvalue weighted by Crippen LogP contribution is 2.17. The van der Waals surface area contributed by atoms with Crippen LogP contribution in [0, 0.1) is 0 Å². The maximum absolute atomic E-state index is 12.3. The van der Waals surface area contributed by atoms with E-state index in [1.165, 1.54) is 7.11 Å². The summed E-state index contributed by atoms with van der Waals surface area (Å²) in [7, 11) is 1.42. The highest BCUT2D eigenvalue weighted by molar-refractivity contribution is 5.76. The molecule has 2 aliphatic rings. The third-order valence-electron chi connectivity index (χ3n) is 5.14. The summed E-state index contributed by atoms with van der Waals surface area (Å²) in [6.45, 7) is 6.82. The van der Waals surface area contributed by atoms with Crippen molar-refractivity contribution in [3.8, 4) is 0 Å². The molecule has 2 aliphatic heterocycles. The summed E-state index contributed by atoms with van der Waals surface area (Å²) in [5, 5.41) is 4.67. The quantitative estimate of drug-likeness (QED) is 0.706. The van der Waals surface area contributed by atoms with Crippen molar-refractivity contribution in [2.45, 2.75) is 45.3 Å². The van der Waals surface area contributed by atoms with E-state index >= 15 is 0 Å². The molecule has 1 aromatic heterocycles. The molecule has 1 atom stereocenters. The third kappa shape index (κ3) is 4.42. The van der Waals surface area contributed by atoms with Gasteiger partial charge >= 0.3 is 5.97 Å². The topological polar surface area (TPSA) is 76.9 Å². The Labute approximate surface area is 154 Å². The summed E-state index contributed by atoms with van der Waals surface area (Å²) in [6.07, 6.45) is 2.05. The van der Waals surface area contributed by atoms with Gasteiger partial charge in [-0.25, -0.2) is 0 Å². The molecule has 1 aromatic rings. The van der Waals surface area contributed by atoms with Crippen LogP contribution in [0.3, 0.4) is 0 Å². The fourth-order valence-electron chi connectivity index (χ4n) is 3.52. The standard InChI is InChI=1S/C18H28N4O4/c1-14(18(24)25-2)21-6-3-7-22-16(13-21)12-15(19-22)4-5-17(23)20-8-10-26-11-9-20/h12,14H,3-11,13H2,1-2H3/t14-/m1/s1. The van der Waals surface area contributed by atoms with Crippen LogP contribution in [0.2, 0.25) is 0 Å². The second-order valence-corrected chi connectivity index (χ2v) is 6.87. The van der Waals surface area contributed by atoms with Crippen molar-refractivity contribution in [1.29, 1.82) is 0 Å². The molecule has 0 radical (unpaired) electrons. The molecule has 8 nitrogen and oxygen atoms in total. The summed E-state index contributed by atoms with van der Waals surface area (Å²) in [4.78, 5) is 28.1. The van der Waals surface area contributed by atoms with Crippen LogP contribution < -0.4 is 0 Å². The number of nitrogens with zero attached hydrogens (tertiary/aromatic N) is 4. The lowest BCUT2D eigenvalue weighted by Crippen LogP contribution is -2.40. The van der Waals surface area contributed by atoms with Crippen LogP contribution in [0.4, 0.5) is 0 Å². The molecule has 1 amide bonds. The minimum atomic E-state index is -0.271. The molecule has 0 aliphatic carbocycles. The Morgan fingerprint density at radius 2 is 2.04 bits per heavy atom. The normalized spacial score (nSPS) is 19.5. The van der Waals surface area contributed by atoms with Gasteiger partial charge in [0.2, 0.25) is 5.91 Å². The lowest BCUT2D eigenvalue weighted by Gasteiger charge is -2.26. The van der Waals surface area contributed by atoms with Crippen molar-refractivity contribution >= 4 is 11.9 Å². The summed E-state index contributed by atoms with van der Waals surface area (Å²) in [5.74, 6) is -0.0493. The molecule has 0 aromatic carbocycles. The first kappa shape index (κ1) is 18.8. The molecule has 0 unspecified atom stereocenters. The largest absolute Gasteiger partial charge is 0.468 e. The summed E-state index contributed by atoms with van der Waals surface area (Å²) in [6, 6.07) is 1.79. The van der Waals surface area contributed by atoms with Gasteiger partial charge in [-0.05, 0) is 19.4 Å². The average Bonchev–Trinajstić information content (AvgIpc) is 2.95. The van der Waals surface area contributed by atoms with E-state index in [1.807, 2.05) is 16.5 Å². The Bertz CT molecular complexity index is 639. The van der Waals surface area contributed by atoms with Crippen LogP contribution in [-0.2, 0) is 38.6 Å². The fraction of sp³-hybridized carbons (Fsp3) is 0.722. The number of amides is 1. The molecule has 0 spiro atoms. The number of hydrogen-bond donors (Lipinski definition) is 0. The van der Waals surface area contributed by atoms with Gasteiger partial charge in [-0.3, -0.25) is 19.2 Å². The van der Waals surface area contributed by atoms with Gasteiger partial charge in [0.1, 0.15) is 6.04 Å². The number of ether oxygens (including phenoxy) is 2. The summed E-state index contributed by atoms with van der Waals surface area (Å²) < 4.78 is 12.2. The Morgan fingerprint density at radius 3 is 2.77 bits per heavy atom. The number of hydrogen-bond acceptors (Lipinski definition) is 6. The van der Waals surface area contributed by atoms with Crippen molar-refractivity contribution in [3.05, 3.63) is 17.5 Å². The van der Waals surface area contributed by atoms with Crippen molar-refractivity contribution in [2.24, 2.45) is 0 Å². The third-order valence-corrected chi connectivity index (χ3v) is 5.14. The van der Waals surface area contributed by atoms with Crippen LogP contribution in [0.15, 0.2) is 6.07 Å². The smallest absolute Gasteiger partial charge is 0.322 e. The van der Waals surface area contributed by atoms with Gasteiger partial charge in [0.15, 0.2) is 0 Å². The average molecular weight is 364 g/mol. The molecule has 1 saturated heterocycles. The predicted octanol–water partition coefficient (Wildman–Crippen LogP) is 0.442. The fourth-order valence-corrected chi connectivity index (χ4v) is 3.52. The van der Waals surface area contributed by atoms with Crippen molar-refractivity contribution in [1.82, 2.24) is 19.6 Å². The van der Waals surface area contributed by atoms with Crippen molar-refractivity contribution in [2.75, 3.05) is 40.0 Å². The van der Waals surface area contributed by atoms with Crippen LogP contribution in [-0.4, -0.2) is 77.5 Å². The Balaban J connectivity index is 1.59. The molecule has 0 N–H and O–H groups in total. The van der Waals surface area contributed by atoms with Gasteiger partial charge in [-0.15, -0.1) is 0 Å². The summed E-state index contributed by atoms with van der Waals surface area (Å²) in [5.41, 5.74) is 2.03. The zero-order valence-corrected chi connectivity index (χ0v) is 15.6. The molecule has 0 saturated carbocycles. The van der Waals surface area contributed by atoms with E-state index in [9.17, 15) is 9.59 Å². The molecular weight excluding hydrogens is 336 g/mol. The van der Waals surface area contributed by atoms with Gasteiger partial charge < -0.3 is 14.4 Å². The number of fused-ring (bicyclic) bond motifs is 1. The van der Waals surface area contributed by atoms with Crippen LogP contribution >= 0.6 is 0 Å². The summed E-state index contributed by atoms with van der Waals surface area (Å²) >= 11 is 0. The van der Waals surface area contributed by atoms with Crippen LogP contribution in [0.5, 0.6) is 0 Å². The highest BCUT2D eigenvalue weighted by Gasteiger charge is 2.26. The Hall–Kier alpha value is -1.93. The van der Waals surface area contributed by atoms with Gasteiger partial charge in [0.05, 0.1) is 31.7 Å². The van der Waals surface area contributed by atoms with E-state index in [2.05, 4.69) is 16.1 Å². The minimum Gasteiger partial charge on any atom is -0.468 e. The maximum Gasteiger partial charge on any atom is 0.322 e. The lowest BCUT2D eigenvalue weighted by molar-refractivity contribution is -0.146. The number of rotatable bonds is 5. The molecule has 0 bridgehead atoms. The number of aryl methyl sites for hydroxylation is 2. The van der Waals surface area contributed by atoms with E-state index in [-0.39, 0.29) is 17.9 Å². The maximum atomic E-state index is 12.3. The molecule has 26 heavy (non-hydrogen) atoms. The van der Waals surface area contributed by atoms with E-state index in [1.54, 1.807) is 0 Å². The van der Waals surface area contributed by atoms with E-state index in [0.29, 0.717) is 45.7 Å².